The van der Waals surface area contributed by atoms with E-state index in [2.05, 4.69) is 10.2 Å². The fourth-order valence-corrected chi connectivity index (χ4v) is 1.57. The Labute approximate surface area is 118 Å². The van der Waals surface area contributed by atoms with E-state index < -0.39 is 5.97 Å². The van der Waals surface area contributed by atoms with E-state index in [4.69, 9.17) is 5.11 Å². The summed E-state index contributed by atoms with van der Waals surface area (Å²) >= 11 is 0. The van der Waals surface area contributed by atoms with E-state index in [-0.39, 0.29) is 28.3 Å². The second kappa shape index (κ2) is 5.83. The number of hydrogen-bond donors (Lipinski definition) is 3. The number of carboxylic acid groups (broad SMARTS) is 1. The Morgan fingerprint density at radius 1 is 0.952 bits per heavy atom. The molecule has 3 N–H and O–H groups in total. The van der Waals surface area contributed by atoms with E-state index in [0.717, 1.165) is 0 Å². The lowest BCUT2D eigenvalue weighted by Gasteiger charge is -2.00. The largest absolute Gasteiger partial charge is 0.507 e. The Kier molecular flexibility index (Phi) is 3.94. The third-order valence-corrected chi connectivity index (χ3v) is 2.63. The third-order valence-electron chi connectivity index (χ3n) is 2.63. The highest BCUT2D eigenvalue weighted by Gasteiger charge is 2.09. The van der Waals surface area contributed by atoms with Gasteiger partial charge in [-0.15, -0.1) is 0 Å². The molecule has 2 rings (SSSR count). The number of azo groups is 1. The van der Waals surface area contributed by atoms with Crippen molar-refractivity contribution in [3.63, 3.8) is 0 Å². The van der Waals surface area contributed by atoms with Gasteiger partial charge in [-0.1, -0.05) is 0 Å². The summed E-state index contributed by atoms with van der Waals surface area (Å²) in [5.74, 6) is -1.81. The minimum Gasteiger partial charge on any atom is -0.507 e. The van der Waals surface area contributed by atoms with Crippen LogP contribution in [-0.2, 0) is 0 Å². The van der Waals surface area contributed by atoms with Gasteiger partial charge in [0.15, 0.2) is 6.29 Å². The Morgan fingerprint density at radius 2 is 1.52 bits per heavy atom. The Hall–Kier alpha value is -3.22. The van der Waals surface area contributed by atoms with Gasteiger partial charge in [0.25, 0.3) is 0 Å². The zero-order valence-electron chi connectivity index (χ0n) is 10.6. The average molecular weight is 286 g/mol. The van der Waals surface area contributed by atoms with E-state index in [0.29, 0.717) is 12.0 Å². The summed E-state index contributed by atoms with van der Waals surface area (Å²) in [6.07, 6.45) is 0.484. The summed E-state index contributed by atoms with van der Waals surface area (Å²) in [5, 5.41) is 35.3. The molecule has 0 heterocycles. The maximum absolute atomic E-state index is 10.9. The first-order valence-electron chi connectivity index (χ1n) is 5.77. The number of aldehydes is 1. The molecule has 0 saturated heterocycles. The average Bonchev–Trinajstić information content (AvgIpc) is 2.47. The van der Waals surface area contributed by atoms with Crippen molar-refractivity contribution in [2.75, 3.05) is 0 Å². The van der Waals surface area contributed by atoms with Crippen LogP contribution in [0.1, 0.15) is 20.7 Å². The van der Waals surface area contributed by atoms with Crippen LogP contribution in [0.4, 0.5) is 11.4 Å². The molecule has 2 aromatic rings. The van der Waals surface area contributed by atoms with Crippen LogP contribution in [0.2, 0.25) is 0 Å². The SMILES string of the molecule is O=Cc1cc(N=Nc2ccc(O)c(C(=O)O)c2)ccc1O. The summed E-state index contributed by atoms with van der Waals surface area (Å²) in [6.45, 7) is 0. The maximum atomic E-state index is 10.9. The highest BCUT2D eigenvalue weighted by Crippen LogP contribution is 2.26. The Bertz CT molecular complexity index is 740. The number of phenolic OH excluding ortho intramolecular Hbond substituents is 1. The van der Waals surface area contributed by atoms with Crippen molar-refractivity contribution in [1.82, 2.24) is 0 Å². The molecule has 0 amide bonds. The van der Waals surface area contributed by atoms with Gasteiger partial charge in [0.2, 0.25) is 0 Å². The van der Waals surface area contributed by atoms with E-state index in [1.165, 1.54) is 36.4 Å². The van der Waals surface area contributed by atoms with Crippen LogP contribution in [0.25, 0.3) is 0 Å². The number of carboxylic acids is 1. The monoisotopic (exact) mass is 286 g/mol. The van der Waals surface area contributed by atoms with Gasteiger partial charge in [0.05, 0.1) is 16.9 Å². The van der Waals surface area contributed by atoms with Crippen molar-refractivity contribution in [3.05, 3.63) is 47.5 Å². The fraction of sp³-hybridized carbons (Fsp3) is 0. The van der Waals surface area contributed by atoms with Crippen LogP contribution in [0.15, 0.2) is 46.6 Å². The molecule has 0 aliphatic carbocycles. The summed E-state index contributed by atoms with van der Waals surface area (Å²) in [6, 6.07) is 7.85. The molecule has 7 heteroatoms. The molecule has 0 aliphatic heterocycles. The van der Waals surface area contributed by atoms with E-state index >= 15 is 0 Å². The molecule has 7 nitrogen and oxygen atoms in total. The molecular formula is C14H10N2O5. The molecule has 0 radical (unpaired) electrons. The summed E-state index contributed by atoms with van der Waals surface area (Å²) in [7, 11) is 0. The number of carbonyl (C=O) groups excluding carboxylic acids is 1. The molecule has 2 aromatic carbocycles. The molecule has 0 fully saturated rings. The standard InChI is InChI=1S/C14H10N2O5/c17-7-8-5-9(1-3-12(8)18)15-16-10-2-4-13(19)11(6-10)14(20)21/h1-7,18-19H,(H,20,21). The van der Waals surface area contributed by atoms with Crippen molar-refractivity contribution < 1.29 is 24.9 Å². The molecular weight excluding hydrogens is 276 g/mol. The lowest BCUT2D eigenvalue weighted by atomic mass is 10.2. The number of hydrogen-bond acceptors (Lipinski definition) is 6. The minimum atomic E-state index is -1.28. The van der Waals surface area contributed by atoms with Gasteiger partial charge in [-0.3, -0.25) is 4.79 Å². The highest BCUT2D eigenvalue weighted by atomic mass is 16.4. The van der Waals surface area contributed by atoms with E-state index in [1.807, 2.05) is 0 Å². The van der Waals surface area contributed by atoms with E-state index in [9.17, 15) is 19.8 Å². The molecule has 0 spiro atoms. The van der Waals surface area contributed by atoms with Gasteiger partial charge in [-0.25, -0.2) is 4.79 Å². The maximum Gasteiger partial charge on any atom is 0.339 e. The molecule has 0 aromatic heterocycles. The summed E-state index contributed by atoms with van der Waals surface area (Å²) < 4.78 is 0. The predicted molar refractivity (Wildman–Crippen MR) is 72.7 cm³/mol. The van der Waals surface area contributed by atoms with Gasteiger partial charge in [-0.2, -0.15) is 10.2 Å². The van der Waals surface area contributed by atoms with Crippen molar-refractivity contribution in [3.8, 4) is 11.5 Å². The molecule has 0 aliphatic rings. The van der Waals surface area contributed by atoms with Crippen molar-refractivity contribution >= 4 is 23.6 Å². The number of aromatic carboxylic acids is 1. The first kappa shape index (κ1) is 14.2. The summed E-state index contributed by atoms with van der Waals surface area (Å²) in [5.41, 5.74) is 0.333. The first-order chi connectivity index (χ1) is 10.0. The summed E-state index contributed by atoms with van der Waals surface area (Å²) in [4.78, 5) is 21.6. The molecule has 0 saturated carbocycles. The lowest BCUT2D eigenvalue weighted by Crippen LogP contribution is -1.95. The molecule has 0 bridgehead atoms. The van der Waals surface area contributed by atoms with Crippen LogP contribution in [0.5, 0.6) is 11.5 Å². The number of benzene rings is 2. The number of phenols is 2. The Morgan fingerprint density at radius 3 is 2.10 bits per heavy atom. The van der Waals surface area contributed by atoms with Gasteiger partial charge >= 0.3 is 5.97 Å². The Balaban J connectivity index is 2.31. The van der Waals surface area contributed by atoms with Crippen molar-refractivity contribution in [2.45, 2.75) is 0 Å². The van der Waals surface area contributed by atoms with Crippen LogP contribution in [0.3, 0.4) is 0 Å². The van der Waals surface area contributed by atoms with Crippen molar-refractivity contribution in [2.24, 2.45) is 10.2 Å². The predicted octanol–water partition coefficient (Wildman–Crippen LogP) is 3.02. The number of nitrogens with zero attached hydrogens (tertiary/aromatic N) is 2. The normalized spacial score (nSPS) is 10.7. The van der Waals surface area contributed by atoms with Crippen LogP contribution >= 0.6 is 0 Å². The number of aromatic hydroxyl groups is 2. The highest BCUT2D eigenvalue weighted by molar-refractivity contribution is 5.91. The van der Waals surface area contributed by atoms with Crippen LogP contribution in [0, 0.1) is 0 Å². The first-order valence-corrected chi connectivity index (χ1v) is 5.77. The van der Waals surface area contributed by atoms with Gasteiger partial charge < -0.3 is 15.3 Å². The number of rotatable bonds is 4. The molecule has 0 atom stereocenters. The zero-order chi connectivity index (χ0) is 15.4. The topological polar surface area (TPSA) is 120 Å². The van der Waals surface area contributed by atoms with Crippen LogP contribution < -0.4 is 0 Å². The smallest absolute Gasteiger partial charge is 0.339 e. The minimum absolute atomic E-state index is 0.0726. The third kappa shape index (κ3) is 3.21. The van der Waals surface area contributed by atoms with Gasteiger partial charge in [0, 0.05) is 0 Å². The second-order valence-corrected chi connectivity index (χ2v) is 4.07. The quantitative estimate of drug-likeness (QED) is 0.589. The van der Waals surface area contributed by atoms with Gasteiger partial charge in [0.1, 0.15) is 17.1 Å². The number of carbonyl (C=O) groups is 2. The molecule has 106 valence electrons. The second-order valence-electron chi connectivity index (χ2n) is 4.07. The van der Waals surface area contributed by atoms with Crippen LogP contribution in [-0.4, -0.2) is 27.6 Å². The fourth-order valence-electron chi connectivity index (χ4n) is 1.57. The van der Waals surface area contributed by atoms with E-state index in [1.54, 1.807) is 0 Å². The van der Waals surface area contributed by atoms with Crippen molar-refractivity contribution in [1.29, 1.82) is 0 Å². The lowest BCUT2D eigenvalue weighted by molar-refractivity contribution is 0.0693. The molecule has 21 heavy (non-hydrogen) atoms. The zero-order valence-corrected chi connectivity index (χ0v) is 10.6. The van der Waals surface area contributed by atoms with Gasteiger partial charge in [-0.05, 0) is 36.4 Å². The molecule has 0 unspecified atom stereocenters.